The average molecular weight is 1000 g/mol. The number of hydrogen-bond acceptors (Lipinski definition) is 6. The molecule has 0 rings (SSSR count). The highest BCUT2D eigenvalue weighted by Crippen LogP contribution is 2.18. The Labute approximate surface area is 443 Å². The van der Waals surface area contributed by atoms with E-state index in [9.17, 15) is 14.4 Å². The van der Waals surface area contributed by atoms with Crippen molar-refractivity contribution in [2.75, 3.05) is 13.2 Å². The van der Waals surface area contributed by atoms with Crippen LogP contribution in [0.4, 0.5) is 0 Å². The minimum atomic E-state index is -0.762. The van der Waals surface area contributed by atoms with E-state index in [0.29, 0.717) is 19.3 Å². The number of ether oxygens (including phenoxy) is 3. The third-order valence-corrected chi connectivity index (χ3v) is 14.8. The second-order valence-corrected chi connectivity index (χ2v) is 22.0. The van der Waals surface area contributed by atoms with Gasteiger partial charge in [-0.3, -0.25) is 14.4 Å². The molecule has 0 amide bonds. The number of carbonyl (C=O) groups is 3. The van der Waals surface area contributed by atoms with Gasteiger partial charge in [-0.1, -0.05) is 315 Å². The van der Waals surface area contributed by atoms with E-state index < -0.39 is 6.10 Å². The minimum absolute atomic E-state index is 0.0640. The highest BCUT2D eigenvalue weighted by atomic mass is 16.6. The standard InChI is InChI=1S/C65H124O6/c1-4-7-10-13-16-18-20-22-24-26-28-30-31-32-33-34-35-36-38-39-41-43-45-47-49-52-55-58-64(67)70-61-62(60-69-63(66)57-54-51-15-12-9-6-3)71-65(68)59-56-53-50-48-46-44-42-40-37-29-27-25-23-21-19-17-14-11-8-5-2/h26,28,62H,4-25,27,29-61H2,1-3H3/b28-26-. The van der Waals surface area contributed by atoms with Crippen LogP contribution in [0.15, 0.2) is 12.2 Å². The number of rotatable bonds is 60. The van der Waals surface area contributed by atoms with Gasteiger partial charge in [0.2, 0.25) is 0 Å². The molecule has 0 fully saturated rings. The molecule has 0 aliphatic heterocycles. The summed E-state index contributed by atoms with van der Waals surface area (Å²) in [7, 11) is 0. The maximum Gasteiger partial charge on any atom is 0.306 e. The zero-order chi connectivity index (χ0) is 51.4. The van der Waals surface area contributed by atoms with Gasteiger partial charge in [0.25, 0.3) is 0 Å². The Balaban J connectivity index is 4.00. The van der Waals surface area contributed by atoms with Crippen molar-refractivity contribution in [3.8, 4) is 0 Å². The summed E-state index contributed by atoms with van der Waals surface area (Å²) >= 11 is 0. The molecule has 0 spiro atoms. The first-order chi connectivity index (χ1) is 35.0. The quantitative estimate of drug-likeness (QED) is 0.0261. The summed E-state index contributed by atoms with van der Waals surface area (Å²) < 4.78 is 16.8. The van der Waals surface area contributed by atoms with Crippen LogP contribution in [0.3, 0.4) is 0 Å². The SMILES string of the molecule is CCCCCCCCCC/C=C\CCCCCCCCCCCCCCCCCC(=O)OCC(COC(=O)CCCCCCCC)OC(=O)CCCCCCCCCCCCCCCCCCCCCC. The van der Waals surface area contributed by atoms with Gasteiger partial charge in [-0.15, -0.1) is 0 Å². The minimum Gasteiger partial charge on any atom is -0.462 e. The van der Waals surface area contributed by atoms with Gasteiger partial charge < -0.3 is 14.2 Å². The molecule has 0 aromatic carbocycles. The van der Waals surface area contributed by atoms with Crippen LogP contribution in [0.5, 0.6) is 0 Å². The van der Waals surface area contributed by atoms with Crippen molar-refractivity contribution in [1.82, 2.24) is 0 Å². The molecule has 0 radical (unpaired) electrons. The largest absolute Gasteiger partial charge is 0.462 e. The zero-order valence-corrected chi connectivity index (χ0v) is 48.3. The number of hydrogen-bond donors (Lipinski definition) is 0. The van der Waals surface area contributed by atoms with E-state index in [1.165, 1.54) is 270 Å². The number of allylic oxidation sites excluding steroid dienone is 2. The van der Waals surface area contributed by atoms with Crippen LogP contribution in [0, 0.1) is 0 Å². The molecule has 0 saturated heterocycles. The molecule has 0 aliphatic rings. The molecule has 0 aromatic rings. The molecule has 0 heterocycles. The first-order valence-electron chi connectivity index (χ1n) is 32.2. The Morgan fingerprint density at radius 3 is 0.704 bits per heavy atom. The molecule has 1 unspecified atom stereocenters. The molecule has 71 heavy (non-hydrogen) atoms. The van der Waals surface area contributed by atoms with Gasteiger partial charge in [0, 0.05) is 19.3 Å². The lowest BCUT2D eigenvalue weighted by molar-refractivity contribution is -0.167. The predicted molar refractivity (Wildman–Crippen MR) is 307 cm³/mol. The van der Waals surface area contributed by atoms with Gasteiger partial charge in [-0.2, -0.15) is 0 Å². The molecule has 1 atom stereocenters. The summed E-state index contributed by atoms with van der Waals surface area (Å²) in [6, 6.07) is 0. The summed E-state index contributed by atoms with van der Waals surface area (Å²) in [5, 5.41) is 0. The monoisotopic (exact) mass is 1000 g/mol. The molecule has 6 nitrogen and oxygen atoms in total. The number of carbonyl (C=O) groups excluding carboxylic acids is 3. The van der Waals surface area contributed by atoms with Gasteiger partial charge in [-0.25, -0.2) is 0 Å². The topological polar surface area (TPSA) is 78.9 Å². The lowest BCUT2D eigenvalue weighted by Crippen LogP contribution is -2.30. The highest BCUT2D eigenvalue weighted by Gasteiger charge is 2.19. The normalized spacial score (nSPS) is 12.0. The second kappa shape index (κ2) is 60.7. The van der Waals surface area contributed by atoms with E-state index in [0.717, 1.165) is 57.8 Å². The summed E-state index contributed by atoms with van der Waals surface area (Å²) in [6.07, 6.45) is 71.2. The van der Waals surface area contributed by atoms with Crippen molar-refractivity contribution in [3.05, 3.63) is 12.2 Å². The van der Waals surface area contributed by atoms with Crippen molar-refractivity contribution in [1.29, 1.82) is 0 Å². The van der Waals surface area contributed by atoms with Crippen LogP contribution in [-0.2, 0) is 28.6 Å². The maximum atomic E-state index is 12.8. The van der Waals surface area contributed by atoms with Gasteiger partial charge in [0.15, 0.2) is 6.10 Å². The fourth-order valence-corrected chi connectivity index (χ4v) is 9.91. The fourth-order valence-electron chi connectivity index (χ4n) is 9.91. The Bertz CT molecular complexity index is 1100. The third kappa shape index (κ3) is 58.9. The number of unbranched alkanes of at least 4 members (excludes halogenated alkanes) is 47. The molecule has 0 aliphatic carbocycles. The van der Waals surface area contributed by atoms with Gasteiger partial charge in [-0.05, 0) is 44.9 Å². The van der Waals surface area contributed by atoms with Gasteiger partial charge >= 0.3 is 17.9 Å². The maximum absolute atomic E-state index is 12.8. The van der Waals surface area contributed by atoms with Crippen molar-refractivity contribution < 1.29 is 28.6 Å². The zero-order valence-electron chi connectivity index (χ0n) is 48.3. The summed E-state index contributed by atoms with van der Waals surface area (Å²) in [5.41, 5.74) is 0. The lowest BCUT2D eigenvalue weighted by atomic mass is 10.0. The molecule has 0 N–H and O–H groups in total. The molecule has 0 aromatic heterocycles. The first-order valence-corrected chi connectivity index (χ1v) is 32.2. The molecule has 420 valence electrons. The van der Waals surface area contributed by atoms with Crippen LogP contribution in [0.25, 0.3) is 0 Å². The Hall–Kier alpha value is -1.85. The second-order valence-electron chi connectivity index (χ2n) is 22.0. The Morgan fingerprint density at radius 2 is 0.465 bits per heavy atom. The smallest absolute Gasteiger partial charge is 0.306 e. The van der Waals surface area contributed by atoms with Crippen molar-refractivity contribution in [3.63, 3.8) is 0 Å². The van der Waals surface area contributed by atoms with Crippen molar-refractivity contribution in [2.45, 2.75) is 374 Å². The highest BCUT2D eigenvalue weighted by molar-refractivity contribution is 5.71. The van der Waals surface area contributed by atoms with Gasteiger partial charge in [0.05, 0.1) is 0 Å². The van der Waals surface area contributed by atoms with Crippen LogP contribution >= 0.6 is 0 Å². The van der Waals surface area contributed by atoms with E-state index in [1.54, 1.807) is 0 Å². The summed E-state index contributed by atoms with van der Waals surface area (Å²) in [5.74, 6) is -0.847. The van der Waals surface area contributed by atoms with Crippen LogP contribution in [0.2, 0.25) is 0 Å². The van der Waals surface area contributed by atoms with Crippen molar-refractivity contribution >= 4 is 17.9 Å². The first kappa shape index (κ1) is 69.2. The Kier molecular flexibility index (Phi) is 59.1. The summed E-state index contributed by atoms with van der Waals surface area (Å²) in [6.45, 7) is 6.65. The molecule has 0 bridgehead atoms. The summed E-state index contributed by atoms with van der Waals surface area (Å²) in [4.78, 5) is 38.0. The molecular weight excluding hydrogens is 877 g/mol. The average Bonchev–Trinajstić information content (AvgIpc) is 3.37. The van der Waals surface area contributed by atoms with E-state index in [2.05, 4.69) is 32.9 Å². The lowest BCUT2D eigenvalue weighted by Gasteiger charge is -2.18. The van der Waals surface area contributed by atoms with Crippen LogP contribution in [-0.4, -0.2) is 37.2 Å². The predicted octanol–water partition coefficient (Wildman–Crippen LogP) is 21.7. The van der Waals surface area contributed by atoms with Gasteiger partial charge in [0.1, 0.15) is 13.2 Å². The molecule has 6 heteroatoms. The van der Waals surface area contributed by atoms with Crippen LogP contribution in [0.1, 0.15) is 367 Å². The van der Waals surface area contributed by atoms with E-state index in [-0.39, 0.29) is 31.1 Å². The third-order valence-electron chi connectivity index (χ3n) is 14.8. The molecule has 0 saturated carbocycles. The Morgan fingerprint density at radius 1 is 0.268 bits per heavy atom. The van der Waals surface area contributed by atoms with E-state index >= 15 is 0 Å². The molecular formula is C65H124O6. The van der Waals surface area contributed by atoms with Crippen molar-refractivity contribution in [2.24, 2.45) is 0 Å². The fraction of sp³-hybridized carbons (Fsp3) is 0.923. The number of esters is 3. The van der Waals surface area contributed by atoms with E-state index in [4.69, 9.17) is 14.2 Å². The van der Waals surface area contributed by atoms with E-state index in [1.807, 2.05) is 0 Å². The van der Waals surface area contributed by atoms with Crippen LogP contribution < -0.4 is 0 Å².